The molecule has 1 saturated heterocycles. The number of nitrogens with zero attached hydrogens (tertiary/aromatic N) is 1. The van der Waals surface area contributed by atoms with Crippen molar-refractivity contribution in [3.63, 3.8) is 0 Å². The van der Waals surface area contributed by atoms with Gasteiger partial charge in [-0.05, 0) is 25.7 Å². The summed E-state index contributed by atoms with van der Waals surface area (Å²) in [4.78, 5) is 13.8. The average Bonchev–Trinajstić information content (AvgIpc) is 2.78. The number of carbonyl (C=O) groups excluding carboxylic acids is 1. The highest BCUT2D eigenvalue weighted by atomic mass is 35.5. The molecule has 1 heterocycles. The summed E-state index contributed by atoms with van der Waals surface area (Å²) in [6, 6.07) is 0. The summed E-state index contributed by atoms with van der Waals surface area (Å²) < 4.78 is 5.51. The molecule has 0 aromatic heterocycles. The minimum absolute atomic E-state index is 0.220. The standard InChI is InChI=1S/C12H22ClNO2/c1-2-8-14(9-7-13)12(15)6-5-11-4-3-10-16-11/h11H,2-10H2,1H3. The molecule has 94 valence electrons. The third-order valence-corrected chi connectivity index (χ3v) is 3.07. The Hall–Kier alpha value is -0.280. The number of carbonyl (C=O) groups is 1. The fraction of sp³-hybridized carbons (Fsp3) is 0.917. The largest absolute Gasteiger partial charge is 0.378 e. The Morgan fingerprint density at radius 2 is 2.31 bits per heavy atom. The number of amides is 1. The van der Waals surface area contributed by atoms with E-state index in [4.69, 9.17) is 16.3 Å². The van der Waals surface area contributed by atoms with Crippen molar-refractivity contribution in [2.75, 3.05) is 25.6 Å². The molecule has 0 saturated carbocycles. The highest BCUT2D eigenvalue weighted by Crippen LogP contribution is 2.17. The molecular weight excluding hydrogens is 226 g/mol. The second kappa shape index (κ2) is 7.91. The molecule has 0 aliphatic carbocycles. The predicted molar refractivity (Wildman–Crippen MR) is 65.8 cm³/mol. The van der Waals surface area contributed by atoms with Gasteiger partial charge in [-0.1, -0.05) is 6.92 Å². The Morgan fingerprint density at radius 1 is 1.50 bits per heavy atom. The zero-order valence-corrected chi connectivity index (χ0v) is 10.8. The van der Waals surface area contributed by atoms with Crippen LogP contribution >= 0.6 is 11.6 Å². The Balaban J connectivity index is 2.24. The van der Waals surface area contributed by atoms with Crippen molar-refractivity contribution < 1.29 is 9.53 Å². The molecular formula is C12H22ClNO2. The van der Waals surface area contributed by atoms with E-state index in [0.717, 1.165) is 38.8 Å². The summed E-state index contributed by atoms with van der Waals surface area (Å²) >= 11 is 5.68. The number of ether oxygens (including phenoxy) is 1. The van der Waals surface area contributed by atoms with E-state index in [1.165, 1.54) is 0 Å². The first kappa shape index (κ1) is 13.8. The second-order valence-electron chi connectivity index (χ2n) is 4.24. The third-order valence-electron chi connectivity index (χ3n) is 2.90. The van der Waals surface area contributed by atoms with E-state index in [9.17, 15) is 4.79 Å². The lowest BCUT2D eigenvalue weighted by Crippen LogP contribution is -2.33. The Kier molecular flexibility index (Phi) is 6.81. The topological polar surface area (TPSA) is 29.5 Å². The number of hydrogen-bond acceptors (Lipinski definition) is 2. The minimum atomic E-state index is 0.220. The van der Waals surface area contributed by atoms with Crippen molar-refractivity contribution >= 4 is 17.5 Å². The van der Waals surface area contributed by atoms with E-state index in [1.54, 1.807) is 0 Å². The SMILES string of the molecule is CCCN(CCCl)C(=O)CCC1CCCO1. The molecule has 0 spiro atoms. The molecule has 3 nitrogen and oxygen atoms in total. The van der Waals surface area contributed by atoms with Crippen molar-refractivity contribution in [3.05, 3.63) is 0 Å². The normalized spacial score (nSPS) is 20.0. The van der Waals surface area contributed by atoms with Gasteiger partial charge in [0.25, 0.3) is 0 Å². The molecule has 0 N–H and O–H groups in total. The molecule has 4 heteroatoms. The Bertz CT molecular complexity index is 199. The van der Waals surface area contributed by atoms with E-state index in [-0.39, 0.29) is 5.91 Å². The molecule has 1 amide bonds. The van der Waals surface area contributed by atoms with E-state index in [0.29, 0.717) is 24.9 Å². The first-order chi connectivity index (χ1) is 7.77. The number of hydrogen-bond donors (Lipinski definition) is 0. The van der Waals surface area contributed by atoms with Gasteiger partial charge in [-0.3, -0.25) is 4.79 Å². The highest BCUT2D eigenvalue weighted by Gasteiger charge is 2.18. The molecule has 1 unspecified atom stereocenters. The Labute approximate surface area is 103 Å². The van der Waals surface area contributed by atoms with Crippen molar-refractivity contribution in [3.8, 4) is 0 Å². The summed E-state index contributed by atoms with van der Waals surface area (Å²) in [5.74, 6) is 0.740. The molecule has 1 aliphatic heterocycles. The lowest BCUT2D eigenvalue weighted by molar-refractivity contribution is -0.131. The van der Waals surface area contributed by atoms with Gasteiger partial charge in [0.05, 0.1) is 6.10 Å². The molecule has 16 heavy (non-hydrogen) atoms. The molecule has 1 rings (SSSR count). The fourth-order valence-electron chi connectivity index (χ4n) is 2.05. The van der Waals surface area contributed by atoms with Crippen LogP contribution < -0.4 is 0 Å². The summed E-state index contributed by atoms with van der Waals surface area (Å²) in [6.45, 7) is 4.42. The molecule has 0 aromatic carbocycles. The van der Waals surface area contributed by atoms with E-state index in [2.05, 4.69) is 6.92 Å². The molecule has 1 fully saturated rings. The maximum Gasteiger partial charge on any atom is 0.222 e. The number of alkyl halides is 1. The monoisotopic (exact) mass is 247 g/mol. The van der Waals surface area contributed by atoms with Crippen LogP contribution in [0.5, 0.6) is 0 Å². The van der Waals surface area contributed by atoms with Crippen LogP contribution in [-0.4, -0.2) is 42.5 Å². The van der Waals surface area contributed by atoms with Gasteiger partial charge in [-0.25, -0.2) is 0 Å². The van der Waals surface area contributed by atoms with Crippen molar-refractivity contribution in [1.29, 1.82) is 0 Å². The highest BCUT2D eigenvalue weighted by molar-refractivity contribution is 6.18. The fourth-order valence-corrected chi connectivity index (χ4v) is 2.25. The summed E-state index contributed by atoms with van der Waals surface area (Å²) in [5.41, 5.74) is 0. The van der Waals surface area contributed by atoms with Gasteiger partial charge in [0.2, 0.25) is 5.91 Å². The van der Waals surface area contributed by atoms with Crippen molar-refractivity contribution in [1.82, 2.24) is 4.90 Å². The molecule has 1 aliphatic rings. The zero-order chi connectivity index (χ0) is 11.8. The summed E-state index contributed by atoms with van der Waals surface area (Å²) in [5, 5.41) is 0. The van der Waals surface area contributed by atoms with Crippen molar-refractivity contribution in [2.24, 2.45) is 0 Å². The van der Waals surface area contributed by atoms with Gasteiger partial charge in [-0.2, -0.15) is 0 Å². The van der Waals surface area contributed by atoms with Gasteiger partial charge < -0.3 is 9.64 Å². The number of rotatable bonds is 7. The van der Waals surface area contributed by atoms with Gasteiger partial charge in [0.15, 0.2) is 0 Å². The lowest BCUT2D eigenvalue weighted by atomic mass is 10.1. The minimum Gasteiger partial charge on any atom is -0.378 e. The van der Waals surface area contributed by atoms with Gasteiger partial charge in [-0.15, -0.1) is 11.6 Å². The first-order valence-corrected chi connectivity index (χ1v) is 6.76. The van der Waals surface area contributed by atoms with Crippen LogP contribution in [0.1, 0.15) is 39.0 Å². The zero-order valence-electron chi connectivity index (χ0n) is 10.1. The van der Waals surface area contributed by atoms with Gasteiger partial charge >= 0.3 is 0 Å². The predicted octanol–water partition coefficient (Wildman–Crippen LogP) is 2.42. The molecule has 0 bridgehead atoms. The summed E-state index contributed by atoms with van der Waals surface area (Å²) in [6.07, 6.45) is 5.00. The van der Waals surface area contributed by atoms with E-state index < -0.39 is 0 Å². The number of halogens is 1. The maximum absolute atomic E-state index is 11.9. The van der Waals surface area contributed by atoms with Crippen LogP contribution in [0, 0.1) is 0 Å². The first-order valence-electron chi connectivity index (χ1n) is 6.23. The van der Waals surface area contributed by atoms with Crippen LogP contribution in [0.15, 0.2) is 0 Å². The smallest absolute Gasteiger partial charge is 0.222 e. The van der Waals surface area contributed by atoms with Crippen molar-refractivity contribution in [2.45, 2.75) is 45.1 Å². The van der Waals surface area contributed by atoms with Gasteiger partial charge in [0.1, 0.15) is 0 Å². The van der Waals surface area contributed by atoms with Crippen LogP contribution in [0.2, 0.25) is 0 Å². The third kappa shape index (κ3) is 4.71. The van der Waals surface area contributed by atoms with Gasteiger partial charge in [0, 0.05) is 32.0 Å². The molecule has 1 atom stereocenters. The van der Waals surface area contributed by atoms with Crippen LogP contribution in [0.3, 0.4) is 0 Å². The Morgan fingerprint density at radius 3 is 2.88 bits per heavy atom. The van der Waals surface area contributed by atoms with Crippen LogP contribution in [-0.2, 0) is 9.53 Å². The average molecular weight is 248 g/mol. The maximum atomic E-state index is 11.9. The van der Waals surface area contributed by atoms with Crippen LogP contribution in [0.25, 0.3) is 0 Å². The van der Waals surface area contributed by atoms with Crippen LogP contribution in [0.4, 0.5) is 0 Å². The second-order valence-corrected chi connectivity index (χ2v) is 4.62. The quantitative estimate of drug-likeness (QED) is 0.647. The molecule has 0 radical (unpaired) electrons. The van der Waals surface area contributed by atoms with E-state index in [1.807, 2.05) is 4.90 Å². The molecule has 0 aromatic rings. The van der Waals surface area contributed by atoms with E-state index >= 15 is 0 Å². The lowest BCUT2D eigenvalue weighted by Gasteiger charge is -2.21. The summed E-state index contributed by atoms with van der Waals surface area (Å²) in [7, 11) is 0.